The van der Waals surface area contributed by atoms with Gasteiger partial charge in [-0.15, -0.1) is 0 Å². The zero-order valence-corrected chi connectivity index (χ0v) is 13.8. The number of ether oxygens (including phenoxy) is 2. The number of amides is 1. The molecule has 23 heavy (non-hydrogen) atoms. The minimum absolute atomic E-state index is 0.000292. The maximum absolute atomic E-state index is 12.2. The summed E-state index contributed by atoms with van der Waals surface area (Å²) in [5.74, 6) is 2.09. The van der Waals surface area contributed by atoms with Crippen LogP contribution in [0.2, 0.25) is 0 Å². The van der Waals surface area contributed by atoms with Gasteiger partial charge < -0.3 is 14.8 Å². The van der Waals surface area contributed by atoms with Crippen molar-refractivity contribution in [1.82, 2.24) is 9.78 Å². The molecule has 2 aromatic rings. The SMILES string of the molecule is COc1ccc([C@@H]2CC(=O)Nc3c2cnn3C(C)C)cc1OC. The smallest absolute Gasteiger partial charge is 0.226 e. The van der Waals surface area contributed by atoms with Crippen LogP contribution in [0.25, 0.3) is 0 Å². The molecule has 1 N–H and O–H groups in total. The van der Waals surface area contributed by atoms with Crippen molar-refractivity contribution in [3.8, 4) is 11.5 Å². The number of carbonyl (C=O) groups excluding carboxylic acids is 1. The summed E-state index contributed by atoms with van der Waals surface area (Å²) in [6, 6.07) is 5.95. The summed E-state index contributed by atoms with van der Waals surface area (Å²) in [6.07, 6.45) is 2.24. The van der Waals surface area contributed by atoms with E-state index in [0.29, 0.717) is 17.9 Å². The van der Waals surface area contributed by atoms with Crippen molar-refractivity contribution in [3.63, 3.8) is 0 Å². The molecule has 0 bridgehead atoms. The van der Waals surface area contributed by atoms with E-state index < -0.39 is 0 Å². The summed E-state index contributed by atoms with van der Waals surface area (Å²) < 4.78 is 12.5. The molecular weight excluding hydrogens is 294 g/mol. The van der Waals surface area contributed by atoms with E-state index >= 15 is 0 Å². The Morgan fingerprint density at radius 1 is 1.26 bits per heavy atom. The summed E-state index contributed by atoms with van der Waals surface area (Å²) in [6.45, 7) is 4.08. The average molecular weight is 315 g/mol. The second-order valence-corrected chi connectivity index (χ2v) is 5.91. The standard InChI is InChI=1S/C17H21N3O3/c1-10(2)20-17-13(9-18-20)12(8-16(21)19-17)11-5-6-14(22-3)15(7-11)23-4/h5-7,9-10,12H,8H2,1-4H3,(H,19,21)/t12-/m0/s1. The van der Waals surface area contributed by atoms with Crippen molar-refractivity contribution < 1.29 is 14.3 Å². The zero-order chi connectivity index (χ0) is 16.6. The fourth-order valence-electron chi connectivity index (χ4n) is 3.00. The van der Waals surface area contributed by atoms with Gasteiger partial charge in [0.2, 0.25) is 5.91 Å². The highest BCUT2D eigenvalue weighted by atomic mass is 16.5. The van der Waals surface area contributed by atoms with Crippen LogP contribution >= 0.6 is 0 Å². The van der Waals surface area contributed by atoms with E-state index in [1.165, 1.54) is 0 Å². The monoisotopic (exact) mass is 315 g/mol. The van der Waals surface area contributed by atoms with Crippen LogP contribution in [-0.4, -0.2) is 29.9 Å². The van der Waals surface area contributed by atoms with Gasteiger partial charge in [-0.05, 0) is 31.5 Å². The lowest BCUT2D eigenvalue weighted by molar-refractivity contribution is -0.116. The second kappa shape index (κ2) is 5.95. The number of hydrogen-bond donors (Lipinski definition) is 1. The molecule has 6 heteroatoms. The Hall–Kier alpha value is -2.50. The Morgan fingerprint density at radius 3 is 2.65 bits per heavy atom. The van der Waals surface area contributed by atoms with Crippen LogP contribution in [0, 0.1) is 0 Å². The predicted molar refractivity (Wildman–Crippen MR) is 87.2 cm³/mol. The Labute approximate surface area is 135 Å². The summed E-state index contributed by atoms with van der Waals surface area (Å²) in [4.78, 5) is 12.2. The second-order valence-electron chi connectivity index (χ2n) is 5.91. The first-order valence-corrected chi connectivity index (χ1v) is 7.64. The van der Waals surface area contributed by atoms with Crippen LogP contribution in [0.5, 0.6) is 11.5 Å². The average Bonchev–Trinajstić information content (AvgIpc) is 2.97. The number of hydrogen-bond acceptors (Lipinski definition) is 4. The molecule has 122 valence electrons. The normalized spacial score (nSPS) is 16.9. The lowest BCUT2D eigenvalue weighted by atomic mass is 9.87. The molecule has 0 fully saturated rings. The fourth-order valence-corrected chi connectivity index (χ4v) is 3.00. The highest BCUT2D eigenvalue weighted by Crippen LogP contribution is 2.40. The molecule has 2 heterocycles. The molecular formula is C17H21N3O3. The maximum Gasteiger partial charge on any atom is 0.226 e. The van der Waals surface area contributed by atoms with Crippen molar-refractivity contribution in [2.24, 2.45) is 0 Å². The third-order valence-corrected chi connectivity index (χ3v) is 4.15. The first kappa shape index (κ1) is 15.4. The number of benzene rings is 1. The summed E-state index contributed by atoms with van der Waals surface area (Å²) in [7, 11) is 3.22. The topological polar surface area (TPSA) is 65.4 Å². The maximum atomic E-state index is 12.2. The van der Waals surface area contributed by atoms with E-state index in [4.69, 9.17) is 9.47 Å². The molecule has 6 nitrogen and oxygen atoms in total. The van der Waals surface area contributed by atoms with Crippen LogP contribution in [0.3, 0.4) is 0 Å². The summed E-state index contributed by atoms with van der Waals surface area (Å²) in [5, 5.41) is 7.38. The predicted octanol–water partition coefficient (Wildman–Crippen LogP) is 2.96. The van der Waals surface area contributed by atoms with Gasteiger partial charge in [-0.2, -0.15) is 5.10 Å². The molecule has 0 spiro atoms. The van der Waals surface area contributed by atoms with Crippen molar-refractivity contribution in [2.45, 2.75) is 32.2 Å². The quantitative estimate of drug-likeness (QED) is 0.942. The van der Waals surface area contributed by atoms with E-state index in [9.17, 15) is 4.79 Å². The first-order chi connectivity index (χ1) is 11.0. The van der Waals surface area contributed by atoms with Gasteiger partial charge in [0.1, 0.15) is 5.82 Å². The molecule has 0 saturated carbocycles. The molecule has 1 amide bonds. The lowest BCUT2D eigenvalue weighted by Crippen LogP contribution is -2.25. The van der Waals surface area contributed by atoms with Crippen LogP contribution < -0.4 is 14.8 Å². The Kier molecular flexibility index (Phi) is 3.98. The largest absolute Gasteiger partial charge is 0.493 e. The van der Waals surface area contributed by atoms with Gasteiger partial charge >= 0.3 is 0 Å². The highest BCUT2D eigenvalue weighted by Gasteiger charge is 2.31. The molecule has 0 aliphatic carbocycles. The Morgan fingerprint density at radius 2 is 2.00 bits per heavy atom. The van der Waals surface area contributed by atoms with E-state index in [2.05, 4.69) is 10.4 Å². The number of carbonyl (C=O) groups is 1. The number of fused-ring (bicyclic) bond motifs is 1. The minimum atomic E-state index is -0.0361. The van der Waals surface area contributed by atoms with Crippen LogP contribution in [0.4, 0.5) is 5.82 Å². The summed E-state index contributed by atoms with van der Waals surface area (Å²) in [5.41, 5.74) is 2.05. The van der Waals surface area contributed by atoms with Gasteiger partial charge in [0, 0.05) is 23.9 Å². The molecule has 0 radical (unpaired) electrons. The molecule has 1 aliphatic heterocycles. The first-order valence-electron chi connectivity index (χ1n) is 7.64. The Balaban J connectivity index is 2.06. The third-order valence-electron chi connectivity index (χ3n) is 4.15. The van der Waals surface area contributed by atoms with Crippen LogP contribution in [-0.2, 0) is 4.79 Å². The number of aromatic nitrogens is 2. The van der Waals surface area contributed by atoms with E-state index in [1.807, 2.05) is 42.9 Å². The van der Waals surface area contributed by atoms with Gasteiger partial charge in [-0.3, -0.25) is 4.79 Å². The van der Waals surface area contributed by atoms with Crippen molar-refractivity contribution in [1.29, 1.82) is 0 Å². The van der Waals surface area contributed by atoms with Crippen LogP contribution in [0.15, 0.2) is 24.4 Å². The fraction of sp³-hybridized carbons (Fsp3) is 0.412. The van der Waals surface area contributed by atoms with Crippen molar-refractivity contribution >= 4 is 11.7 Å². The number of rotatable bonds is 4. The van der Waals surface area contributed by atoms with Gasteiger partial charge in [-0.25, -0.2) is 4.68 Å². The molecule has 3 rings (SSSR count). The number of nitrogens with zero attached hydrogens (tertiary/aromatic N) is 2. The Bertz CT molecular complexity index is 737. The summed E-state index contributed by atoms with van der Waals surface area (Å²) >= 11 is 0. The van der Waals surface area contributed by atoms with Gasteiger partial charge in [0.15, 0.2) is 11.5 Å². The molecule has 1 aromatic heterocycles. The molecule has 1 atom stereocenters. The molecule has 0 saturated heterocycles. The van der Waals surface area contributed by atoms with Crippen LogP contribution in [0.1, 0.15) is 43.4 Å². The van der Waals surface area contributed by atoms with Gasteiger partial charge in [0.25, 0.3) is 0 Å². The van der Waals surface area contributed by atoms with E-state index in [1.54, 1.807) is 14.2 Å². The zero-order valence-electron chi connectivity index (χ0n) is 13.8. The van der Waals surface area contributed by atoms with E-state index in [-0.39, 0.29) is 17.9 Å². The number of methoxy groups -OCH3 is 2. The van der Waals surface area contributed by atoms with Crippen molar-refractivity contribution in [2.75, 3.05) is 19.5 Å². The van der Waals surface area contributed by atoms with Gasteiger partial charge in [-0.1, -0.05) is 6.07 Å². The highest BCUT2D eigenvalue weighted by molar-refractivity contribution is 5.94. The molecule has 1 aromatic carbocycles. The molecule has 0 unspecified atom stereocenters. The number of anilines is 1. The minimum Gasteiger partial charge on any atom is -0.493 e. The third kappa shape index (κ3) is 2.65. The lowest BCUT2D eigenvalue weighted by Gasteiger charge is -2.25. The van der Waals surface area contributed by atoms with Gasteiger partial charge in [0.05, 0.1) is 20.4 Å². The van der Waals surface area contributed by atoms with Crippen molar-refractivity contribution in [3.05, 3.63) is 35.5 Å². The van der Waals surface area contributed by atoms with E-state index in [0.717, 1.165) is 16.9 Å². The molecule has 1 aliphatic rings. The number of nitrogens with one attached hydrogen (secondary N) is 1.